The van der Waals surface area contributed by atoms with Crippen LogP contribution in [0.2, 0.25) is 5.02 Å². The minimum Gasteiger partial charge on any atom is -0.481 e. The zero-order valence-corrected chi connectivity index (χ0v) is 16.1. The highest BCUT2D eigenvalue weighted by Crippen LogP contribution is 2.23. The average molecular weight is 399 g/mol. The minimum atomic E-state index is -0.721. The number of amides is 2. The molecule has 0 fully saturated rings. The van der Waals surface area contributed by atoms with Crippen molar-refractivity contribution < 1.29 is 18.7 Å². The van der Waals surface area contributed by atoms with Crippen molar-refractivity contribution in [3.8, 4) is 5.75 Å². The minimum absolute atomic E-state index is 0.204. The van der Waals surface area contributed by atoms with Gasteiger partial charge in [-0.05, 0) is 67.9 Å². The molecule has 0 unspecified atom stereocenters. The lowest BCUT2D eigenvalue weighted by molar-refractivity contribution is -0.122. The van der Waals surface area contributed by atoms with Crippen LogP contribution in [0.4, 0.5) is 11.4 Å². The number of hydrogen-bond donors (Lipinski definition) is 2. The number of rotatable bonds is 6. The van der Waals surface area contributed by atoms with Gasteiger partial charge in [0, 0.05) is 16.4 Å². The fourth-order valence-electron chi connectivity index (χ4n) is 2.51. The number of carbonyl (C=O) groups excluding carboxylic acids is 2. The summed E-state index contributed by atoms with van der Waals surface area (Å²) in [5, 5.41) is 6.10. The van der Waals surface area contributed by atoms with Crippen molar-refractivity contribution in [2.75, 3.05) is 10.6 Å². The van der Waals surface area contributed by atoms with E-state index in [-0.39, 0.29) is 17.6 Å². The molecule has 0 aliphatic heterocycles. The van der Waals surface area contributed by atoms with E-state index in [0.717, 1.165) is 5.56 Å². The van der Waals surface area contributed by atoms with Crippen LogP contribution in [0.1, 0.15) is 23.0 Å². The Hall–Kier alpha value is -3.25. The molecule has 6 nitrogen and oxygen atoms in total. The first-order valence-corrected chi connectivity index (χ1v) is 8.99. The molecule has 0 saturated carbocycles. The summed E-state index contributed by atoms with van der Waals surface area (Å²) >= 11 is 5.94. The van der Waals surface area contributed by atoms with Crippen LogP contribution in [-0.4, -0.2) is 17.9 Å². The van der Waals surface area contributed by atoms with E-state index in [4.69, 9.17) is 20.8 Å². The van der Waals surface area contributed by atoms with Crippen LogP contribution in [-0.2, 0) is 4.79 Å². The molecule has 3 rings (SSSR count). The van der Waals surface area contributed by atoms with E-state index in [9.17, 15) is 9.59 Å². The molecule has 1 heterocycles. The average Bonchev–Trinajstić information content (AvgIpc) is 3.19. The predicted molar refractivity (Wildman–Crippen MR) is 108 cm³/mol. The molecule has 0 bridgehead atoms. The molecule has 1 atom stereocenters. The summed E-state index contributed by atoms with van der Waals surface area (Å²) in [5.41, 5.74) is 1.90. The van der Waals surface area contributed by atoms with Gasteiger partial charge in [-0.2, -0.15) is 0 Å². The molecule has 28 heavy (non-hydrogen) atoms. The first kappa shape index (κ1) is 19.5. The number of hydrogen-bond acceptors (Lipinski definition) is 4. The number of halogens is 1. The molecular formula is C21H19ClN2O4. The molecule has 2 aromatic carbocycles. The third-order valence-corrected chi connectivity index (χ3v) is 4.18. The van der Waals surface area contributed by atoms with Gasteiger partial charge < -0.3 is 19.8 Å². The quantitative estimate of drug-likeness (QED) is 0.618. The number of carbonyl (C=O) groups is 2. The van der Waals surface area contributed by atoms with E-state index in [0.29, 0.717) is 22.1 Å². The number of anilines is 2. The van der Waals surface area contributed by atoms with E-state index in [2.05, 4.69) is 10.6 Å². The predicted octanol–water partition coefficient (Wildman–Crippen LogP) is 4.90. The molecule has 144 valence electrons. The Kier molecular flexibility index (Phi) is 6.01. The smallest absolute Gasteiger partial charge is 0.291 e. The molecule has 3 aromatic rings. The number of furan rings is 1. The molecule has 1 aromatic heterocycles. The molecule has 0 aliphatic rings. The molecular weight excluding hydrogens is 380 g/mol. The van der Waals surface area contributed by atoms with Gasteiger partial charge in [0.05, 0.1) is 6.26 Å². The molecule has 0 saturated heterocycles. The third-order valence-electron chi connectivity index (χ3n) is 3.94. The van der Waals surface area contributed by atoms with E-state index in [1.807, 2.05) is 6.92 Å². The highest BCUT2D eigenvalue weighted by atomic mass is 35.5. The molecule has 7 heteroatoms. The first-order chi connectivity index (χ1) is 13.4. The van der Waals surface area contributed by atoms with E-state index >= 15 is 0 Å². The van der Waals surface area contributed by atoms with Crippen molar-refractivity contribution >= 4 is 34.8 Å². The Labute approximate surface area is 167 Å². The van der Waals surface area contributed by atoms with Crippen molar-refractivity contribution in [2.24, 2.45) is 0 Å². The maximum absolute atomic E-state index is 12.5. The normalized spacial score (nSPS) is 11.5. The highest BCUT2D eigenvalue weighted by Gasteiger charge is 2.16. The van der Waals surface area contributed by atoms with Gasteiger partial charge in [0.2, 0.25) is 0 Å². The summed E-state index contributed by atoms with van der Waals surface area (Å²) in [4.78, 5) is 24.5. The van der Waals surface area contributed by atoms with Crippen LogP contribution in [0.3, 0.4) is 0 Å². The van der Waals surface area contributed by atoms with Crippen molar-refractivity contribution in [3.63, 3.8) is 0 Å². The van der Waals surface area contributed by atoms with Crippen LogP contribution in [0.5, 0.6) is 5.75 Å². The lowest BCUT2D eigenvalue weighted by Gasteiger charge is -2.16. The summed E-state index contributed by atoms with van der Waals surface area (Å²) in [6.45, 7) is 3.52. The second kappa shape index (κ2) is 8.63. The largest absolute Gasteiger partial charge is 0.481 e. The molecule has 0 aliphatic carbocycles. The molecule has 0 radical (unpaired) electrons. The zero-order chi connectivity index (χ0) is 20.1. The van der Waals surface area contributed by atoms with E-state index in [1.165, 1.54) is 6.26 Å². The lowest BCUT2D eigenvalue weighted by Crippen LogP contribution is -2.30. The van der Waals surface area contributed by atoms with E-state index < -0.39 is 6.10 Å². The fourth-order valence-corrected chi connectivity index (χ4v) is 2.73. The highest BCUT2D eigenvalue weighted by molar-refractivity contribution is 6.30. The lowest BCUT2D eigenvalue weighted by atomic mass is 10.2. The van der Waals surface area contributed by atoms with Crippen LogP contribution in [0.15, 0.2) is 65.3 Å². The second-order valence-corrected chi connectivity index (χ2v) is 6.61. The van der Waals surface area contributed by atoms with Gasteiger partial charge in [0.25, 0.3) is 11.8 Å². The van der Waals surface area contributed by atoms with Crippen molar-refractivity contribution in [3.05, 3.63) is 77.2 Å². The topological polar surface area (TPSA) is 80.6 Å². The Balaban J connectivity index is 1.62. The summed E-state index contributed by atoms with van der Waals surface area (Å²) in [6, 6.07) is 15.2. The first-order valence-electron chi connectivity index (χ1n) is 8.61. The van der Waals surface area contributed by atoms with Crippen LogP contribution in [0, 0.1) is 6.92 Å². The van der Waals surface area contributed by atoms with Gasteiger partial charge in [-0.15, -0.1) is 0 Å². The standard InChI is InChI=1S/C21H19ClN2O4/c1-13-11-15(22)8-9-18(13)28-14(2)20(25)23-16-5-3-6-17(12-16)24-21(26)19-7-4-10-27-19/h3-12,14H,1-2H3,(H,23,25)(H,24,26)/t14-/m0/s1. The van der Waals surface area contributed by atoms with Crippen molar-refractivity contribution in [1.29, 1.82) is 0 Å². The number of aryl methyl sites for hydroxylation is 1. The van der Waals surface area contributed by atoms with Gasteiger partial charge in [0.15, 0.2) is 11.9 Å². The zero-order valence-electron chi connectivity index (χ0n) is 15.4. The Morgan fingerprint density at radius 2 is 1.79 bits per heavy atom. The van der Waals surface area contributed by atoms with Crippen LogP contribution in [0.25, 0.3) is 0 Å². The second-order valence-electron chi connectivity index (χ2n) is 6.17. The number of ether oxygens (including phenoxy) is 1. The van der Waals surface area contributed by atoms with Gasteiger partial charge in [-0.1, -0.05) is 17.7 Å². The fraction of sp³-hybridized carbons (Fsp3) is 0.143. The summed E-state index contributed by atoms with van der Waals surface area (Å²) in [6.07, 6.45) is 0.705. The maximum Gasteiger partial charge on any atom is 0.291 e. The van der Waals surface area contributed by atoms with Crippen molar-refractivity contribution in [2.45, 2.75) is 20.0 Å². The Morgan fingerprint density at radius 1 is 1.04 bits per heavy atom. The number of nitrogens with one attached hydrogen (secondary N) is 2. The van der Waals surface area contributed by atoms with Crippen LogP contribution >= 0.6 is 11.6 Å². The Morgan fingerprint density at radius 3 is 2.46 bits per heavy atom. The molecule has 0 spiro atoms. The van der Waals surface area contributed by atoms with Gasteiger partial charge in [-0.3, -0.25) is 9.59 Å². The summed E-state index contributed by atoms with van der Waals surface area (Å²) in [7, 11) is 0. The summed E-state index contributed by atoms with van der Waals surface area (Å²) in [5.74, 6) is 0.105. The summed E-state index contributed by atoms with van der Waals surface area (Å²) < 4.78 is 10.8. The van der Waals surface area contributed by atoms with Gasteiger partial charge >= 0.3 is 0 Å². The molecule has 2 amide bonds. The van der Waals surface area contributed by atoms with Crippen molar-refractivity contribution in [1.82, 2.24) is 0 Å². The maximum atomic E-state index is 12.5. The van der Waals surface area contributed by atoms with Crippen LogP contribution < -0.4 is 15.4 Å². The van der Waals surface area contributed by atoms with Gasteiger partial charge in [-0.25, -0.2) is 0 Å². The third kappa shape index (κ3) is 4.92. The SMILES string of the molecule is Cc1cc(Cl)ccc1O[C@@H](C)C(=O)Nc1cccc(NC(=O)c2ccco2)c1. The number of benzene rings is 2. The monoisotopic (exact) mass is 398 g/mol. The van der Waals surface area contributed by atoms with E-state index in [1.54, 1.807) is 61.5 Å². The van der Waals surface area contributed by atoms with Gasteiger partial charge in [0.1, 0.15) is 5.75 Å². The molecule has 2 N–H and O–H groups in total. The Bertz CT molecular complexity index is 986.